The maximum atomic E-state index is 14.5. The van der Waals surface area contributed by atoms with Crippen molar-refractivity contribution in [1.29, 1.82) is 0 Å². The van der Waals surface area contributed by atoms with E-state index in [0.717, 1.165) is 23.5 Å². The number of hydrogen-bond donors (Lipinski definition) is 0. The summed E-state index contributed by atoms with van der Waals surface area (Å²) in [7, 11) is 0. The zero-order chi connectivity index (χ0) is 26.5. The Bertz CT molecular complexity index is 1180. The van der Waals surface area contributed by atoms with Crippen LogP contribution in [0.2, 0.25) is 5.02 Å². The number of amides is 4. The summed E-state index contributed by atoms with van der Waals surface area (Å²) in [5, 5.41) is 0.545. The third-order valence-electron chi connectivity index (χ3n) is 7.74. The fourth-order valence-corrected chi connectivity index (χ4v) is 6.37. The van der Waals surface area contributed by atoms with E-state index in [-0.39, 0.29) is 31.3 Å². The van der Waals surface area contributed by atoms with Gasteiger partial charge in [-0.3, -0.25) is 19.4 Å². The van der Waals surface area contributed by atoms with Crippen LogP contribution in [0.25, 0.3) is 0 Å². The van der Waals surface area contributed by atoms with E-state index in [1.54, 1.807) is 0 Å². The Balaban J connectivity index is 1.68. The number of carbonyl (C=O) groups excluding carboxylic acids is 3. The molecule has 1 spiro atoms. The molecule has 1 atom stereocenters. The minimum absolute atomic E-state index is 0.0711. The highest BCUT2D eigenvalue weighted by Crippen LogP contribution is 2.49. The molecule has 3 aliphatic rings. The highest BCUT2D eigenvalue weighted by atomic mass is 35.5. The van der Waals surface area contributed by atoms with Gasteiger partial charge in [-0.05, 0) is 41.7 Å². The monoisotopic (exact) mass is 522 g/mol. The molecule has 0 aliphatic carbocycles. The van der Waals surface area contributed by atoms with Crippen LogP contribution in [0.3, 0.4) is 0 Å². The van der Waals surface area contributed by atoms with E-state index in [1.165, 1.54) is 9.80 Å². The first-order chi connectivity index (χ1) is 17.6. The molecule has 196 valence electrons. The van der Waals surface area contributed by atoms with E-state index >= 15 is 0 Å². The van der Waals surface area contributed by atoms with Crippen LogP contribution in [0.15, 0.2) is 48.5 Å². The lowest BCUT2D eigenvalue weighted by molar-refractivity contribution is -0.161. The van der Waals surface area contributed by atoms with Gasteiger partial charge in [0.25, 0.3) is 0 Å². The Morgan fingerprint density at radius 2 is 1.49 bits per heavy atom. The van der Waals surface area contributed by atoms with Gasteiger partial charge in [0.15, 0.2) is 5.41 Å². The van der Waals surface area contributed by atoms with E-state index < -0.39 is 29.3 Å². The van der Waals surface area contributed by atoms with E-state index in [1.807, 2.05) is 64.1 Å². The van der Waals surface area contributed by atoms with Crippen LogP contribution in [0, 0.1) is 17.3 Å². The molecular formula is C29H35ClN4O3. The van der Waals surface area contributed by atoms with Crippen molar-refractivity contribution in [3.8, 4) is 0 Å². The van der Waals surface area contributed by atoms with Crippen LogP contribution in [-0.2, 0) is 16.0 Å². The summed E-state index contributed by atoms with van der Waals surface area (Å²) in [4.78, 5) is 49.6. The van der Waals surface area contributed by atoms with E-state index in [4.69, 9.17) is 11.6 Å². The van der Waals surface area contributed by atoms with Gasteiger partial charge in [0.2, 0.25) is 11.8 Å². The predicted molar refractivity (Wildman–Crippen MR) is 146 cm³/mol. The second-order valence-corrected chi connectivity index (χ2v) is 11.7. The van der Waals surface area contributed by atoms with Gasteiger partial charge in [0, 0.05) is 55.5 Å². The van der Waals surface area contributed by atoms with Crippen LogP contribution in [-0.4, -0.2) is 66.4 Å². The third-order valence-corrected chi connectivity index (χ3v) is 8.09. The molecule has 2 aromatic carbocycles. The molecule has 0 radical (unpaired) electrons. The normalized spacial score (nSPS) is 21.3. The molecule has 0 unspecified atom stereocenters. The van der Waals surface area contributed by atoms with E-state index in [2.05, 4.69) is 21.9 Å². The number of rotatable bonds is 5. The molecule has 37 heavy (non-hydrogen) atoms. The molecule has 2 fully saturated rings. The third kappa shape index (κ3) is 4.17. The van der Waals surface area contributed by atoms with Crippen molar-refractivity contribution in [2.45, 2.75) is 40.2 Å². The molecule has 0 saturated carbocycles. The van der Waals surface area contributed by atoms with Gasteiger partial charge in [-0.1, -0.05) is 63.6 Å². The second kappa shape index (κ2) is 9.67. The molecule has 3 aliphatic heterocycles. The number of benzene rings is 2. The van der Waals surface area contributed by atoms with Crippen LogP contribution in [0.5, 0.6) is 0 Å². The number of imide groups is 2. The Hall–Kier alpha value is -3.06. The smallest absolute Gasteiger partial charge is 0.333 e. The summed E-state index contributed by atoms with van der Waals surface area (Å²) in [6, 6.07) is 14.9. The number of hydrogen-bond acceptors (Lipinski definition) is 5. The topological polar surface area (TPSA) is 64.2 Å². The Labute approximate surface area is 224 Å². The van der Waals surface area contributed by atoms with E-state index in [0.29, 0.717) is 18.1 Å². The highest BCUT2D eigenvalue weighted by Gasteiger charge is 2.65. The lowest BCUT2D eigenvalue weighted by Gasteiger charge is -2.57. The molecule has 5 rings (SSSR count). The number of anilines is 2. The van der Waals surface area contributed by atoms with Gasteiger partial charge in [0.1, 0.15) is 0 Å². The van der Waals surface area contributed by atoms with E-state index in [9.17, 15) is 14.4 Å². The molecule has 2 saturated heterocycles. The zero-order valence-electron chi connectivity index (χ0n) is 22.0. The number of piperazine rings is 1. The average molecular weight is 523 g/mol. The molecule has 2 aromatic rings. The molecule has 0 N–H and O–H groups in total. The fraction of sp³-hybridized carbons (Fsp3) is 0.483. The lowest BCUT2D eigenvalue weighted by atomic mass is 9.67. The maximum absolute atomic E-state index is 14.5. The Kier molecular flexibility index (Phi) is 6.69. The number of barbiturate groups is 1. The largest absolute Gasteiger partial charge is 0.368 e. The average Bonchev–Trinajstić information content (AvgIpc) is 2.88. The first kappa shape index (κ1) is 25.6. The van der Waals surface area contributed by atoms with Crippen molar-refractivity contribution in [3.63, 3.8) is 0 Å². The van der Waals surface area contributed by atoms with Crippen molar-refractivity contribution in [2.75, 3.05) is 42.5 Å². The van der Waals surface area contributed by atoms with Crippen LogP contribution in [0.1, 0.15) is 33.3 Å². The SMILES string of the molecule is CC(C)CN1C(=O)N(CC(C)C)C(=O)C2(Cc3c(Cl)cccc3N3CCN(c4ccccc4)C[C@H]32)C1=O. The minimum atomic E-state index is -1.44. The summed E-state index contributed by atoms with van der Waals surface area (Å²) in [5.74, 6) is -0.651. The fourth-order valence-electron chi connectivity index (χ4n) is 6.14. The molecule has 0 aromatic heterocycles. The van der Waals surface area contributed by atoms with Gasteiger partial charge < -0.3 is 9.80 Å². The van der Waals surface area contributed by atoms with Gasteiger partial charge >= 0.3 is 6.03 Å². The summed E-state index contributed by atoms with van der Waals surface area (Å²) in [5.41, 5.74) is 1.39. The predicted octanol–water partition coefficient (Wildman–Crippen LogP) is 4.68. The summed E-state index contributed by atoms with van der Waals surface area (Å²) >= 11 is 6.71. The number of urea groups is 1. The molecule has 4 amide bonds. The molecule has 3 heterocycles. The van der Waals surface area contributed by atoms with Crippen molar-refractivity contribution in [2.24, 2.45) is 17.3 Å². The van der Waals surface area contributed by atoms with Crippen molar-refractivity contribution in [1.82, 2.24) is 9.80 Å². The minimum Gasteiger partial charge on any atom is -0.368 e. The standard InChI is InChI=1S/C29H35ClN4O3/c1-19(2)16-33-26(35)29(27(36)34(28(33)37)17-20(3)4)15-22-23(30)11-8-12-24(22)32-14-13-31(18-25(29)32)21-9-6-5-7-10-21/h5-12,19-20,25H,13-18H2,1-4H3/t25-/m0/s1. The second-order valence-electron chi connectivity index (χ2n) is 11.3. The first-order valence-electron chi connectivity index (χ1n) is 13.2. The summed E-state index contributed by atoms with van der Waals surface area (Å²) < 4.78 is 0. The number of fused-ring (bicyclic) bond motifs is 4. The number of halogens is 1. The zero-order valence-corrected chi connectivity index (χ0v) is 22.7. The Morgan fingerprint density at radius 3 is 2.08 bits per heavy atom. The van der Waals surface area contributed by atoms with Crippen molar-refractivity contribution < 1.29 is 14.4 Å². The van der Waals surface area contributed by atoms with Crippen molar-refractivity contribution >= 4 is 40.8 Å². The van der Waals surface area contributed by atoms with Crippen molar-refractivity contribution in [3.05, 3.63) is 59.1 Å². The highest BCUT2D eigenvalue weighted by molar-refractivity contribution is 6.32. The van der Waals surface area contributed by atoms with Gasteiger partial charge in [0.05, 0.1) is 6.04 Å². The molecule has 7 nitrogen and oxygen atoms in total. The lowest BCUT2D eigenvalue weighted by Crippen LogP contribution is -2.76. The quantitative estimate of drug-likeness (QED) is 0.533. The number of para-hydroxylation sites is 1. The van der Waals surface area contributed by atoms with Gasteiger partial charge in [-0.2, -0.15) is 0 Å². The van der Waals surface area contributed by atoms with Gasteiger partial charge in [-0.15, -0.1) is 0 Å². The van der Waals surface area contributed by atoms with Crippen LogP contribution < -0.4 is 9.80 Å². The molecular weight excluding hydrogens is 488 g/mol. The first-order valence-corrected chi connectivity index (χ1v) is 13.5. The van der Waals surface area contributed by atoms with Crippen LogP contribution >= 0.6 is 11.6 Å². The number of carbonyl (C=O) groups is 3. The van der Waals surface area contributed by atoms with Crippen LogP contribution in [0.4, 0.5) is 16.2 Å². The molecule has 8 heteroatoms. The molecule has 0 bridgehead atoms. The number of nitrogens with zero attached hydrogens (tertiary/aromatic N) is 4. The summed E-state index contributed by atoms with van der Waals surface area (Å²) in [6.45, 7) is 10.3. The van der Waals surface area contributed by atoms with Gasteiger partial charge in [-0.25, -0.2) is 4.79 Å². The Morgan fingerprint density at radius 1 is 0.865 bits per heavy atom. The maximum Gasteiger partial charge on any atom is 0.333 e. The summed E-state index contributed by atoms with van der Waals surface area (Å²) in [6.07, 6.45) is 0.180.